The minimum atomic E-state index is -0.218. The number of Topliss-reactive ketones (excluding diaryl/α,β-unsaturated/α-hetero) is 1. The maximum absolute atomic E-state index is 14.0. The first kappa shape index (κ1) is 31.7. The number of para-hydroxylation sites is 1. The number of anilines is 3. The van der Waals surface area contributed by atoms with Gasteiger partial charge in [0.05, 0.1) is 16.1 Å². The fourth-order valence-electron chi connectivity index (χ4n) is 7.28. The average molecular weight is 673 g/mol. The molecule has 3 fully saturated rings. The van der Waals surface area contributed by atoms with E-state index in [4.69, 9.17) is 4.74 Å². The molecule has 1 spiro atoms. The van der Waals surface area contributed by atoms with Crippen molar-refractivity contribution in [3.63, 3.8) is 0 Å². The van der Waals surface area contributed by atoms with Gasteiger partial charge in [-0.05, 0) is 116 Å². The normalized spacial score (nSPS) is 18.3. The number of aromatic nitrogens is 1. The van der Waals surface area contributed by atoms with Crippen molar-refractivity contribution in [2.24, 2.45) is 11.3 Å². The Balaban J connectivity index is 0.955. The summed E-state index contributed by atoms with van der Waals surface area (Å²) in [5.74, 6) is 1.19. The lowest BCUT2D eigenvalue weighted by atomic mass is 9.73. The molecule has 9 heteroatoms. The lowest BCUT2D eigenvalue weighted by Crippen LogP contribution is -2.59. The third kappa shape index (κ3) is 6.57. The molecule has 2 amide bonds. The van der Waals surface area contributed by atoms with E-state index in [0.29, 0.717) is 47.9 Å². The molecule has 0 bridgehead atoms. The van der Waals surface area contributed by atoms with E-state index in [2.05, 4.69) is 21.3 Å². The van der Waals surface area contributed by atoms with Crippen LogP contribution in [0.1, 0.15) is 84.9 Å². The summed E-state index contributed by atoms with van der Waals surface area (Å²) in [6.45, 7) is 5.81. The second-order valence-electron chi connectivity index (χ2n) is 14.1. The number of ketones is 1. The first-order chi connectivity index (χ1) is 23.8. The molecule has 4 aromatic rings. The number of nitrogens with zero attached hydrogens (tertiary/aromatic N) is 3. The monoisotopic (exact) mass is 672 g/mol. The molecule has 250 valence electrons. The standard InChI is InChI=1S/C40H40N4O4S/c1-26-20-32(37(41-23-26)43-24-40(25-43)15-18-48-19-16-40)38(46)42-31-10-8-28(9-11-31)39(47)44-17-14-30(22-29-4-2-3-5-33(29)44)35-12-13-36(49-35)34(45)21-27-6-7-27/h2-5,8-13,20,22-23,27H,6-7,14-19,21,24-25H2,1H3,(H,42,46). The zero-order valence-electron chi connectivity index (χ0n) is 27.7. The van der Waals surface area contributed by atoms with Crippen molar-refractivity contribution in [2.75, 3.05) is 48.0 Å². The van der Waals surface area contributed by atoms with E-state index in [1.807, 2.05) is 60.5 Å². The number of thiophene rings is 1. The van der Waals surface area contributed by atoms with Crippen LogP contribution >= 0.6 is 11.3 Å². The van der Waals surface area contributed by atoms with Crippen molar-refractivity contribution < 1.29 is 19.1 Å². The maximum atomic E-state index is 14.0. The molecule has 4 aliphatic rings. The minimum Gasteiger partial charge on any atom is -0.381 e. The van der Waals surface area contributed by atoms with Gasteiger partial charge in [0.2, 0.25) is 0 Å². The lowest BCUT2D eigenvalue weighted by molar-refractivity contribution is -0.000511. The number of pyridine rings is 1. The topological polar surface area (TPSA) is 91.8 Å². The van der Waals surface area contributed by atoms with Crippen LogP contribution in [-0.2, 0) is 4.74 Å². The molecule has 49 heavy (non-hydrogen) atoms. The molecule has 8 rings (SSSR count). The zero-order valence-corrected chi connectivity index (χ0v) is 28.6. The zero-order chi connectivity index (χ0) is 33.5. The number of amides is 2. The van der Waals surface area contributed by atoms with Gasteiger partial charge in [-0.15, -0.1) is 11.3 Å². The second kappa shape index (κ2) is 13.0. The molecular formula is C40H40N4O4S. The summed E-state index contributed by atoms with van der Waals surface area (Å²) in [6, 6.07) is 21.0. The average Bonchev–Trinajstić information content (AvgIpc) is 3.83. The van der Waals surface area contributed by atoms with Crippen LogP contribution < -0.4 is 15.1 Å². The first-order valence-corrected chi connectivity index (χ1v) is 18.1. The Labute approximate surface area is 290 Å². The predicted molar refractivity (Wildman–Crippen MR) is 195 cm³/mol. The largest absolute Gasteiger partial charge is 0.381 e. The van der Waals surface area contributed by atoms with E-state index in [-0.39, 0.29) is 23.0 Å². The molecule has 0 unspecified atom stereocenters. The fourth-order valence-corrected chi connectivity index (χ4v) is 8.28. The van der Waals surface area contributed by atoms with Gasteiger partial charge in [-0.2, -0.15) is 0 Å². The molecule has 2 aromatic heterocycles. The van der Waals surface area contributed by atoms with Crippen LogP contribution in [0.3, 0.4) is 0 Å². The van der Waals surface area contributed by atoms with E-state index in [1.54, 1.807) is 35.6 Å². The van der Waals surface area contributed by atoms with Crippen molar-refractivity contribution in [3.05, 3.63) is 105 Å². The molecule has 0 radical (unpaired) electrons. The lowest BCUT2D eigenvalue weighted by Gasteiger charge is -2.53. The smallest absolute Gasteiger partial charge is 0.259 e. The van der Waals surface area contributed by atoms with Crippen LogP contribution in [0.15, 0.2) is 72.9 Å². The number of rotatable bonds is 8. The Bertz CT molecular complexity index is 1950. The summed E-state index contributed by atoms with van der Waals surface area (Å²) in [5, 5.41) is 3.04. The van der Waals surface area contributed by atoms with Gasteiger partial charge in [0.15, 0.2) is 5.78 Å². The minimum absolute atomic E-state index is 0.101. The van der Waals surface area contributed by atoms with Crippen molar-refractivity contribution in [1.29, 1.82) is 0 Å². The van der Waals surface area contributed by atoms with Gasteiger partial charge in [-0.3, -0.25) is 14.4 Å². The van der Waals surface area contributed by atoms with Crippen LogP contribution in [0, 0.1) is 18.3 Å². The van der Waals surface area contributed by atoms with Crippen molar-refractivity contribution >= 4 is 57.8 Å². The highest BCUT2D eigenvalue weighted by Crippen LogP contribution is 2.43. The fraction of sp³-hybridized carbons (Fsp3) is 0.350. The van der Waals surface area contributed by atoms with Gasteiger partial charge in [0.1, 0.15) is 5.82 Å². The Morgan fingerprint density at radius 2 is 1.78 bits per heavy atom. The van der Waals surface area contributed by atoms with Gasteiger partial charge in [-0.25, -0.2) is 4.98 Å². The third-order valence-electron chi connectivity index (χ3n) is 10.3. The summed E-state index contributed by atoms with van der Waals surface area (Å²) in [4.78, 5) is 50.9. The molecule has 1 aliphatic carbocycles. The highest BCUT2D eigenvalue weighted by Gasteiger charge is 2.45. The molecule has 1 N–H and O–H groups in total. The predicted octanol–water partition coefficient (Wildman–Crippen LogP) is 7.89. The van der Waals surface area contributed by atoms with Crippen LogP contribution in [0.25, 0.3) is 11.6 Å². The van der Waals surface area contributed by atoms with Crippen LogP contribution in [0.2, 0.25) is 0 Å². The van der Waals surface area contributed by atoms with E-state index in [0.717, 1.165) is 84.1 Å². The molecule has 5 heterocycles. The third-order valence-corrected chi connectivity index (χ3v) is 11.5. The number of hydrogen-bond donors (Lipinski definition) is 1. The Kier molecular flexibility index (Phi) is 8.41. The van der Waals surface area contributed by atoms with E-state index in [9.17, 15) is 14.4 Å². The number of aryl methyl sites for hydroxylation is 1. The maximum Gasteiger partial charge on any atom is 0.259 e. The number of nitrogens with one attached hydrogen (secondary N) is 1. The summed E-state index contributed by atoms with van der Waals surface area (Å²) in [5.41, 5.74) is 5.85. The van der Waals surface area contributed by atoms with E-state index in [1.165, 1.54) is 0 Å². The Morgan fingerprint density at radius 1 is 1.00 bits per heavy atom. The van der Waals surface area contributed by atoms with Crippen molar-refractivity contribution in [2.45, 2.75) is 45.4 Å². The molecule has 2 saturated heterocycles. The first-order valence-electron chi connectivity index (χ1n) is 17.3. The van der Waals surface area contributed by atoms with Crippen molar-refractivity contribution in [1.82, 2.24) is 4.98 Å². The molecule has 0 atom stereocenters. The second-order valence-corrected chi connectivity index (χ2v) is 15.1. The van der Waals surface area contributed by atoms with E-state index >= 15 is 0 Å². The highest BCUT2D eigenvalue weighted by atomic mass is 32.1. The Morgan fingerprint density at radius 3 is 2.55 bits per heavy atom. The number of hydrogen-bond acceptors (Lipinski definition) is 7. The number of carbonyl (C=O) groups excluding carboxylic acids is 3. The van der Waals surface area contributed by atoms with Gasteiger partial charge in [-0.1, -0.05) is 18.2 Å². The van der Waals surface area contributed by atoms with Crippen molar-refractivity contribution in [3.8, 4) is 0 Å². The van der Waals surface area contributed by atoms with Gasteiger partial charge in [0, 0.05) is 67.0 Å². The summed E-state index contributed by atoms with van der Waals surface area (Å²) in [7, 11) is 0. The summed E-state index contributed by atoms with van der Waals surface area (Å²) >= 11 is 1.56. The summed E-state index contributed by atoms with van der Waals surface area (Å²) in [6.07, 6.45) is 9.69. The molecule has 1 saturated carbocycles. The highest BCUT2D eigenvalue weighted by molar-refractivity contribution is 7.15. The quantitative estimate of drug-likeness (QED) is 0.192. The van der Waals surface area contributed by atoms with Gasteiger partial charge < -0.3 is 19.9 Å². The molecular weight excluding hydrogens is 633 g/mol. The van der Waals surface area contributed by atoms with Crippen LogP contribution in [0.4, 0.5) is 17.2 Å². The summed E-state index contributed by atoms with van der Waals surface area (Å²) < 4.78 is 5.57. The number of fused-ring (bicyclic) bond motifs is 1. The van der Waals surface area contributed by atoms with Gasteiger partial charge in [0.25, 0.3) is 11.8 Å². The molecule has 2 aromatic carbocycles. The SMILES string of the molecule is Cc1cnc(N2CC3(CCOCC3)C2)c(C(=O)Nc2ccc(C(=O)N3CCC(c4ccc(C(=O)CC5CC5)s4)=Cc4ccccc43)cc2)c1. The number of benzene rings is 2. The molecule has 3 aliphatic heterocycles. The van der Waals surface area contributed by atoms with Crippen LogP contribution in [-0.4, -0.2) is 55.4 Å². The number of carbonyl (C=O) groups is 3. The van der Waals surface area contributed by atoms with E-state index < -0.39 is 0 Å². The number of ether oxygens (including phenoxy) is 1. The van der Waals surface area contributed by atoms with Crippen LogP contribution in [0.5, 0.6) is 0 Å². The molecule has 8 nitrogen and oxygen atoms in total. The van der Waals surface area contributed by atoms with Gasteiger partial charge >= 0.3 is 0 Å². The Hall–Kier alpha value is -4.60.